The molecule has 0 aliphatic carbocycles. The maximum atomic E-state index is 12.8. The van der Waals surface area contributed by atoms with Crippen LogP contribution < -0.4 is 15.4 Å². The number of aryl methyl sites for hydroxylation is 1. The molecule has 7 nitrogen and oxygen atoms in total. The molecule has 3 aromatic rings. The van der Waals surface area contributed by atoms with Crippen molar-refractivity contribution in [3.8, 4) is 5.75 Å². The van der Waals surface area contributed by atoms with E-state index in [1.807, 2.05) is 74.1 Å². The minimum absolute atomic E-state index is 0.0843. The largest absolute Gasteiger partial charge is 0.484 e. The fourth-order valence-electron chi connectivity index (χ4n) is 2.80. The van der Waals surface area contributed by atoms with Crippen LogP contribution in [-0.2, 0) is 16.6 Å². The summed E-state index contributed by atoms with van der Waals surface area (Å²) in [6.07, 6.45) is 3.64. The molecule has 0 spiro atoms. The van der Waals surface area contributed by atoms with Crippen LogP contribution in [0.2, 0.25) is 0 Å². The Balaban J connectivity index is 1.54. The van der Waals surface area contributed by atoms with Crippen molar-refractivity contribution in [2.24, 2.45) is 13.0 Å². The van der Waals surface area contributed by atoms with Crippen molar-refractivity contribution in [1.29, 1.82) is 0 Å². The first-order valence-corrected chi connectivity index (χ1v) is 10.8. The highest BCUT2D eigenvalue weighted by Gasteiger charge is 2.24. The minimum atomic E-state index is -0.673. The highest BCUT2D eigenvalue weighted by atomic mass is 32.2. The third-order valence-corrected chi connectivity index (χ3v) is 5.57. The highest BCUT2D eigenvalue weighted by Crippen LogP contribution is 2.26. The predicted octanol–water partition coefficient (Wildman–Crippen LogP) is 3.73. The molecular formula is C23H26N4O3S. The zero-order valence-corrected chi connectivity index (χ0v) is 18.6. The summed E-state index contributed by atoms with van der Waals surface area (Å²) in [6.45, 7) is 3.62. The third kappa shape index (κ3) is 6.62. The minimum Gasteiger partial charge on any atom is -0.484 e. The monoisotopic (exact) mass is 438 g/mol. The Morgan fingerprint density at radius 2 is 1.81 bits per heavy atom. The molecule has 2 N–H and O–H groups in total. The Morgan fingerprint density at radius 3 is 2.42 bits per heavy atom. The van der Waals surface area contributed by atoms with Crippen LogP contribution >= 0.6 is 11.8 Å². The molecule has 1 unspecified atom stereocenters. The Kier molecular flexibility index (Phi) is 7.72. The van der Waals surface area contributed by atoms with Crippen molar-refractivity contribution in [2.45, 2.75) is 29.9 Å². The van der Waals surface area contributed by atoms with Gasteiger partial charge < -0.3 is 19.9 Å². The number of amides is 2. The van der Waals surface area contributed by atoms with E-state index in [2.05, 4.69) is 15.6 Å². The smallest absolute Gasteiger partial charge is 0.258 e. The molecule has 1 atom stereocenters. The quantitative estimate of drug-likeness (QED) is 0.532. The van der Waals surface area contributed by atoms with Crippen LogP contribution in [0.4, 0.5) is 5.69 Å². The molecule has 0 bridgehead atoms. The fourth-order valence-corrected chi connectivity index (χ4v) is 3.60. The first-order valence-electron chi connectivity index (χ1n) is 9.95. The van der Waals surface area contributed by atoms with Gasteiger partial charge in [-0.15, -0.1) is 0 Å². The van der Waals surface area contributed by atoms with Crippen LogP contribution in [0.25, 0.3) is 0 Å². The van der Waals surface area contributed by atoms with E-state index >= 15 is 0 Å². The number of anilines is 1. The first kappa shape index (κ1) is 22.4. The summed E-state index contributed by atoms with van der Waals surface area (Å²) in [4.78, 5) is 30.4. The van der Waals surface area contributed by atoms with Crippen LogP contribution in [0, 0.1) is 5.92 Å². The molecule has 0 aliphatic heterocycles. The van der Waals surface area contributed by atoms with Crippen LogP contribution in [0.5, 0.6) is 5.75 Å². The van der Waals surface area contributed by atoms with E-state index in [0.29, 0.717) is 11.4 Å². The Labute approximate surface area is 186 Å². The van der Waals surface area contributed by atoms with Gasteiger partial charge in [0.25, 0.3) is 5.91 Å². The lowest BCUT2D eigenvalue weighted by Crippen LogP contribution is -2.48. The number of imidazole rings is 1. The van der Waals surface area contributed by atoms with Crippen LogP contribution in [0.3, 0.4) is 0 Å². The molecule has 3 rings (SSSR count). The standard InChI is InChI=1S/C23H26N4O3S/c1-16(2)21(26-20(28)15-30-18-7-5-4-6-8-18)22(29)25-17-9-11-19(12-10-17)31-23-24-13-14-27(23)3/h4-14,16,21H,15H2,1-3H3,(H,25,29)(H,26,28). The number of carbonyl (C=O) groups is 2. The predicted molar refractivity (Wildman–Crippen MR) is 121 cm³/mol. The fraction of sp³-hybridized carbons (Fsp3) is 0.261. The number of para-hydroxylation sites is 1. The number of carbonyl (C=O) groups excluding carboxylic acids is 2. The molecule has 8 heteroatoms. The number of nitrogens with one attached hydrogen (secondary N) is 2. The topological polar surface area (TPSA) is 85.2 Å². The van der Waals surface area contributed by atoms with E-state index in [9.17, 15) is 9.59 Å². The molecule has 2 aromatic carbocycles. The molecule has 1 aromatic heterocycles. The average molecular weight is 439 g/mol. The molecule has 0 aliphatic rings. The van der Waals surface area contributed by atoms with Crippen molar-refractivity contribution in [1.82, 2.24) is 14.9 Å². The summed E-state index contributed by atoms with van der Waals surface area (Å²) >= 11 is 1.54. The zero-order valence-electron chi connectivity index (χ0n) is 17.7. The maximum Gasteiger partial charge on any atom is 0.258 e. The Hall–Kier alpha value is -3.26. The van der Waals surface area contributed by atoms with Crippen molar-refractivity contribution < 1.29 is 14.3 Å². The molecule has 1 heterocycles. The van der Waals surface area contributed by atoms with Crippen molar-refractivity contribution in [3.05, 3.63) is 67.0 Å². The van der Waals surface area contributed by atoms with E-state index in [1.54, 1.807) is 18.3 Å². The number of hydrogen-bond donors (Lipinski definition) is 2. The summed E-state index contributed by atoms with van der Waals surface area (Å²) in [7, 11) is 1.94. The average Bonchev–Trinajstić information content (AvgIpc) is 3.16. The summed E-state index contributed by atoms with van der Waals surface area (Å²) < 4.78 is 7.40. The molecule has 0 saturated carbocycles. The van der Waals surface area contributed by atoms with Gasteiger partial charge in [-0.1, -0.05) is 43.8 Å². The second-order valence-corrected chi connectivity index (χ2v) is 8.37. The lowest BCUT2D eigenvalue weighted by molar-refractivity contribution is -0.128. The Morgan fingerprint density at radius 1 is 1.10 bits per heavy atom. The summed E-state index contributed by atoms with van der Waals surface area (Å²) in [6, 6.07) is 15.9. The van der Waals surface area contributed by atoms with E-state index in [4.69, 9.17) is 4.74 Å². The van der Waals surface area contributed by atoms with Crippen molar-refractivity contribution >= 4 is 29.3 Å². The normalized spacial score (nSPS) is 11.7. The lowest BCUT2D eigenvalue weighted by Gasteiger charge is -2.22. The maximum absolute atomic E-state index is 12.8. The zero-order chi connectivity index (χ0) is 22.2. The molecular weight excluding hydrogens is 412 g/mol. The van der Waals surface area contributed by atoms with E-state index < -0.39 is 6.04 Å². The van der Waals surface area contributed by atoms with Crippen LogP contribution in [-0.4, -0.2) is 34.0 Å². The number of ether oxygens (including phenoxy) is 1. The number of hydrogen-bond acceptors (Lipinski definition) is 5. The number of benzene rings is 2. The summed E-state index contributed by atoms with van der Waals surface area (Å²) in [5, 5.41) is 6.52. The van der Waals surface area contributed by atoms with Gasteiger partial charge in [-0.2, -0.15) is 0 Å². The summed E-state index contributed by atoms with van der Waals surface area (Å²) in [5.41, 5.74) is 0.662. The van der Waals surface area contributed by atoms with E-state index in [1.165, 1.54) is 11.8 Å². The van der Waals surface area contributed by atoms with Gasteiger partial charge in [-0.25, -0.2) is 4.98 Å². The highest BCUT2D eigenvalue weighted by molar-refractivity contribution is 7.99. The Bertz CT molecular complexity index is 1000. The van der Waals surface area contributed by atoms with Crippen LogP contribution in [0.1, 0.15) is 13.8 Å². The van der Waals surface area contributed by atoms with Gasteiger partial charge in [0.15, 0.2) is 11.8 Å². The lowest BCUT2D eigenvalue weighted by atomic mass is 10.0. The van der Waals surface area contributed by atoms with Gasteiger partial charge in [0, 0.05) is 30.0 Å². The van der Waals surface area contributed by atoms with Gasteiger partial charge in [0.05, 0.1) is 0 Å². The van der Waals surface area contributed by atoms with Gasteiger partial charge in [-0.05, 0) is 42.3 Å². The number of rotatable bonds is 9. The first-order chi connectivity index (χ1) is 14.9. The third-order valence-electron chi connectivity index (χ3n) is 4.49. The molecule has 2 amide bonds. The van der Waals surface area contributed by atoms with E-state index in [0.717, 1.165) is 10.1 Å². The van der Waals surface area contributed by atoms with Crippen LogP contribution in [0.15, 0.2) is 77.0 Å². The SMILES string of the molecule is CC(C)C(NC(=O)COc1ccccc1)C(=O)Nc1ccc(Sc2nccn2C)cc1. The second kappa shape index (κ2) is 10.7. The molecule has 0 saturated heterocycles. The van der Waals surface area contributed by atoms with Crippen molar-refractivity contribution in [3.63, 3.8) is 0 Å². The van der Waals surface area contributed by atoms with Gasteiger partial charge in [0.1, 0.15) is 11.8 Å². The molecule has 162 valence electrons. The van der Waals surface area contributed by atoms with Crippen molar-refractivity contribution in [2.75, 3.05) is 11.9 Å². The summed E-state index contributed by atoms with van der Waals surface area (Å²) in [5.74, 6) is -0.0993. The van der Waals surface area contributed by atoms with Gasteiger partial charge in [0.2, 0.25) is 5.91 Å². The molecule has 0 fully saturated rings. The molecule has 0 radical (unpaired) electrons. The van der Waals surface area contributed by atoms with Gasteiger partial charge >= 0.3 is 0 Å². The second-order valence-electron chi connectivity index (χ2n) is 7.33. The molecule has 31 heavy (non-hydrogen) atoms. The van der Waals surface area contributed by atoms with Gasteiger partial charge in [-0.3, -0.25) is 9.59 Å². The van der Waals surface area contributed by atoms with E-state index in [-0.39, 0.29) is 24.3 Å². The number of aromatic nitrogens is 2. The number of nitrogens with zero attached hydrogens (tertiary/aromatic N) is 2.